The van der Waals surface area contributed by atoms with Gasteiger partial charge in [-0.05, 0) is 18.1 Å². The minimum Gasteiger partial charge on any atom is -0.288 e. The van der Waals surface area contributed by atoms with Crippen LogP contribution in [0.25, 0.3) is 6.08 Å². The molecule has 0 aliphatic carbocycles. The second kappa shape index (κ2) is 4.50. The Morgan fingerprint density at radius 2 is 2.00 bits per heavy atom. The highest BCUT2D eigenvalue weighted by atomic mass is 16.6. The topological polar surface area (TPSA) is 60.2 Å². The normalized spacial score (nSPS) is 11.2. The van der Waals surface area contributed by atoms with Crippen molar-refractivity contribution in [1.82, 2.24) is 0 Å². The van der Waals surface area contributed by atoms with Gasteiger partial charge >= 0.3 is 5.70 Å². The third-order valence-corrected chi connectivity index (χ3v) is 2.04. The maximum Gasteiger partial charge on any atom is 0.312 e. The maximum atomic E-state index is 11.0. The summed E-state index contributed by atoms with van der Waals surface area (Å²) in [6.07, 6.45) is 1.30. The van der Waals surface area contributed by atoms with Crippen molar-refractivity contribution in [3.05, 3.63) is 51.2 Å². The lowest BCUT2D eigenvalue weighted by atomic mass is 10.1. The van der Waals surface area contributed by atoms with Gasteiger partial charge in [0.25, 0.3) is 0 Å². The van der Waals surface area contributed by atoms with Crippen LogP contribution in [0.5, 0.6) is 0 Å². The van der Waals surface area contributed by atoms with Gasteiger partial charge in [-0.25, -0.2) is 0 Å². The molecule has 0 heterocycles. The number of allylic oxidation sites excluding steroid dienone is 1. The summed E-state index contributed by atoms with van der Waals surface area (Å²) in [4.78, 5) is 20.9. The summed E-state index contributed by atoms with van der Waals surface area (Å²) >= 11 is 0. The SMILES string of the molecule is CC(=O)/C(=C/c1ccccc1C)[N+](=O)[O-]. The zero-order chi connectivity index (χ0) is 11.4. The predicted molar refractivity (Wildman–Crippen MR) is 56.8 cm³/mol. The number of hydrogen-bond donors (Lipinski definition) is 0. The van der Waals surface area contributed by atoms with E-state index in [9.17, 15) is 14.9 Å². The van der Waals surface area contributed by atoms with Crippen LogP contribution in [0.1, 0.15) is 18.1 Å². The summed E-state index contributed by atoms with van der Waals surface area (Å²) in [6.45, 7) is 3.02. The highest BCUT2D eigenvalue weighted by molar-refractivity contribution is 5.95. The number of hydrogen-bond acceptors (Lipinski definition) is 3. The van der Waals surface area contributed by atoms with Gasteiger partial charge in [-0.1, -0.05) is 24.3 Å². The highest BCUT2D eigenvalue weighted by Gasteiger charge is 2.16. The Morgan fingerprint density at radius 1 is 1.40 bits per heavy atom. The number of carbonyl (C=O) groups is 1. The molecule has 1 rings (SSSR count). The molecule has 0 aromatic heterocycles. The van der Waals surface area contributed by atoms with Gasteiger partial charge in [-0.15, -0.1) is 0 Å². The maximum absolute atomic E-state index is 11.0. The van der Waals surface area contributed by atoms with Crippen LogP contribution in [-0.4, -0.2) is 10.7 Å². The van der Waals surface area contributed by atoms with Crippen molar-refractivity contribution in [2.24, 2.45) is 0 Å². The van der Waals surface area contributed by atoms with Crippen LogP contribution in [0.2, 0.25) is 0 Å². The average molecular weight is 205 g/mol. The summed E-state index contributed by atoms with van der Waals surface area (Å²) < 4.78 is 0. The molecular weight excluding hydrogens is 194 g/mol. The van der Waals surface area contributed by atoms with E-state index < -0.39 is 10.7 Å². The number of rotatable bonds is 3. The van der Waals surface area contributed by atoms with Crippen molar-refractivity contribution in [3.63, 3.8) is 0 Å². The van der Waals surface area contributed by atoms with E-state index in [1.165, 1.54) is 13.0 Å². The highest BCUT2D eigenvalue weighted by Crippen LogP contribution is 2.12. The van der Waals surface area contributed by atoms with Gasteiger partial charge in [-0.3, -0.25) is 14.9 Å². The van der Waals surface area contributed by atoms with Crippen molar-refractivity contribution in [3.8, 4) is 0 Å². The lowest BCUT2D eigenvalue weighted by Gasteiger charge is -1.98. The van der Waals surface area contributed by atoms with Gasteiger partial charge in [0, 0.05) is 13.0 Å². The van der Waals surface area contributed by atoms with Crippen LogP contribution in [-0.2, 0) is 4.79 Å². The van der Waals surface area contributed by atoms with E-state index in [0.29, 0.717) is 5.56 Å². The molecule has 78 valence electrons. The fraction of sp³-hybridized carbons (Fsp3) is 0.182. The van der Waals surface area contributed by atoms with Crippen LogP contribution in [0, 0.1) is 17.0 Å². The van der Waals surface area contributed by atoms with E-state index in [-0.39, 0.29) is 5.70 Å². The molecule has 0 N–H and O–H groups in total. The van der Waals surface area contributed by atoms with Crippen molar-refractivity contribution in [2.75, 3.05) is 0 Å². The van der Waals surface area contributed by atoms with Crippen molar-refractivity contribution in [1.29, 1.82) is 0 Å². The number of benzene rings is 1. The summed E-state index contributed by atoms with van der Waals surface area (Å²) in [5, 5.41) is 10.6. The molecule has 0 fully saturated rings. The van der Waals surface area contributed by atoms with Crippen LogP contribution >= 0.6 is 0 Å². The fourth-order valence-electron chi connectivity index (χ4n) is 1.18. The fourth-order valence-corrected chi connectivity index (χ4v) is 1.18. The molecule has 15 heavy (non-hydrogen) atoms. The Hall–Kier alpha value is -1.97. The first-order valence-corrected chi connectivity index (χ1v) is 4.45. The largest absolute Gasteiger partial charge is 0.312 e. The number of ketones is 1. The third kappa shape index (κ3) is 2.74. The predicted octanol–water partition coefficient (Wildman–Crippen LogP) is 2.20. The zero-order valence-corrected chi connectivity index (χ0v) is 8.56. The smallest absolute Gasteiger partial charge is 0.288 e. The zero-order valence-electron chi connectivity index (χ0n) is 8.56. The molecule has 4 nitrogen and oxygen atoms in total. The second-order valence-electron chi connectivity index (χ2n) is 3.20. The molecule has 0 spiro atoms. The first-order chi connectivity index (χ1) is 7.02. The first kappa shape index (κ1) is 11.1. The number of nitro groups is 1. The van der Waals surface area contributed by atoms with E-state index in [0.717, 1.165) is 5.56 Å². The Morgan fingerprint density at radius 3 is 2.47 bits per heavy atom. The van der Waals surface area contributed by atoms with Gasteiger partial charge in [0.2, 0.25) is 5.78 Å². The molecule has 0 saturated carbocycles. The molecular formula is C11H11NO3. The van der Waals surface area contributed by atoms with Crippen molar-refractivity contribution >= 4 is 11.9 Å². The molecule has 1 aromatic carbocycles. The Kier molecular flexibility index (Phi) is 3.33. The van der Waals surface area contributed by atoms with Gasteiger partial charge < -0.3 is 0 Å². The Bertz CT molecular complexity index is 419. The summed E-state index contributed by atoms with van der Waals surface area (Å²) in [5.41, 5.74) is 1.21. The van der Waals surface area contributed by atoms with Crippen LogP contribution in [0.3, 0.4) is 0 Å². The minimum atomic E-state index is -0.658. The third-order valence-electron chi connectivity index (χ3n) is 2.04. The quantitative estimate of drug-likeness (QED) is 0.431. The number of carbonyl (C=O) groups excluding carboxylic acids is 1. The first-order valence-electron chi connectivity index (χ1n) is 4.45. The van der Waals surface area contributed by atoms with Crippen molar-refractivity contribution < 1.29 is 9.72 Å². The summed E-state index contributed by atoms with van der Waals surface area (Å²) in [5.74, 6) is -0.539. The summed E-state index contributed by atoms with van der Waals surface area (Å²) in [7, 11) is 0. The molecule has 0 aliphatic rings. The van der Waals surface area contributed by atoms with E-state index in [1.54, 1.807) is 12.1 Å². The monoisotopic (exact) mass is 205 g/mol. The molecule has 0 atom stereocenters. The molecule has 0 radical (unpaired) electrons. The molecule has 0 saturated heterocycles. The Labute approximate surface area is 87.4 Å². The number of Topliss-reactive ketones (excluding diaryl/α,β-unsaturated/α-hetero) is 1. The van der Waals surface area contributed by atoms with E-state index in [4.69, 9.17) is 0 Å². The molecule has 0 bridgehead atoms. The molecule has 1 aromatic rings. The minimum absolute atomic E-state index is 0.385. The van der Waals surface area contributed by atoms with Crippen LogP contribution in [0.4, 0.5) is 0 Å². The molecule has 0 amide bonds. The van der Waals surface area contributed by atoms with E-state index >= 15 is 0 Å². The van der Waals surface area contributed by atoms with Gasteiger partial charge in [0.15, 0.2) is 0 Å². The van der Waals surface area contributed by atoms with Gasteiger partial charge in [0.05, 0.1) is 4.92 Å². The second-order valence-corrected chi connectivity index (χ2v) is 3.20. The Balaban J connectivity index is 3.19. The molecule has 0 aliphatic heterocycles. The number of nitrogens with zero attached hydrogens (tertiary/aromatic N) is 1. The molecule has 4 heteroatoms. The van der Waals surface area contributed by atoms with E-state index in [2.05, 4.69) is 0 Å². The summed E-state index contributed by atoms with van der Waals surface area (Å²) in [6, 6.07) is 7.19. The van der Waals surface area contributed by atoms with Gasteiger partial charge in [-0.2, -0.15) is 0 Å². The van der Waals surface area contributed by atoms with Crippen molar-refractivity contribution in [2.45, 2.75) is 13.8 Å². The number of aryl methyl sites for hydroxylation is 1. The standard InChI is InChI=1S/C11H11NO3/c1-8-5-3-4-6-10(8)7-11(9(2)13)12(14)15/h3-7H,1-2H3/b11-7-. The van der Waals surface area contributed by atoms with Crippen LogP contribution < -0.4 is 0 Å². The van der Waals surface area contributed by atoms with E-state index in [1.807, 2.05) is 19.1 Å². The van der Waals surface area contributed by atoms with Crippen LogP contribution in [0.15, 0.2) is 30.0 Å². The lowest BCUT2D eigenvalue weighted by molar-refractivity contribution is -0.417. The lowest BCUT2D eigenvalue weighted by Crippen LogP contribution is -2.07. The van der Waals surface area contributed by atoms with Gasteiger partial charge in [0.1, 0.15) is 0 Å². The molecule has 0 unspecified atom stereocenters. The average Bonchev–Trinajstić information content (AvgIpc) is 2.15.